The molecule has 0 radical (unpaired) electrons. The standard InChI is InChI=1S/C13H20F2N2/c1-3-8-17(4-2)9-12(16)10-6-5-7-11(14)13(10)15/h5-7,12H,3-4,8-9,16H2,1-2H3. The second-order valence-corrected chi connectivity index (χ2v) is 4.14. The van der Waals surface area contributed by atoms with E-state index < -0.39 is 17.7 Å². The molecule has 0 aliphatic rings. The zero-order valence-corrected chi connectivity index (χ0v) is 10.4. The van der Waals surface area contributed by atoms with Crippen LogP contribution in [-0.4, -0.2) is 24.5 Å². The van der Waals surface area contributed by atoms with Crippen LogP contribution in [0.15, 0.2) is 18.2 Å². The summed E-state index contributed by atoms with van der Waals surface area (Å²) in [6.45, 7) is 6.44. The van der Waals surface area contributed by atoms with Gasteiger partial charge in [-0.15, -0.1) is 0 Å². The molecule has 0 saturated carbocycles. The van der Waals surface area contributed by atoms with Crippen molar-refractivity contribution in [3.05, 3.63) is 35.4 Å². The van der Waals surface area contributed by atoms with Crippen molar-refractivity contribution >= 4 is 0 Å². The van der Waals surface area contributed by atoms with Gasteiger partial charge in [0, 0.05) is 18.2 Å². The Hall–Kier alpha value is -1.00. The predicted octanol–water partition coefficient (Wildman–Crippen LogP) is 2.70. The number of hydrogen-bond donors (Lipinski definition) is 1. The lowest BCUT2D eigenvalue weighted by Gasteiger charge is -2.24. The van der Waals surface area contributed by atoms with Crippen LogP contribution in [0, 0.1) is 11.6 Å². The fraction of sp³-hybridized carbons (Fsp3) is 0.538. The highest BCUT2D eigenvalue weighted by Gasteiger charge is 2.16. The van der Waals surface area contributed by atoms with E-state index in [1.54, 1.807) is 6.07 Å². The van der Waals surface area contributed by atoms with Crippen molar-refractivity contribution in [3.8, 4) is 0 Å². The van der Waals surface area contributed by atoms with Crippen molar-refractivity contribution < 1.29 is 8.78 Å². The van der Waals surface area contributed by atoms with Crippen LogP contribution in [0.3, 0.4) is 0 Å². The Morgan fingerprint density at radius 2 is 2.00 bits per heavy atom. The molecule has 0 spiro atoms. The van der Waals surface area contributed by atoms with Gasteiger partial charge < -0.3 is 10.6 Å². The van der Waals surface area contributed by atoms with Crippen molar-refractivity contribution in [2.45, 2.75) is 26.3 Å². The van der Waals surface area contributed by atoms with Crippen LogP contribution >= 0.6 is 0 Å². The summed E-state index contributed by atoms with van der Waals surface area (Å²) >= 11 is 0. The minimum Gasteiger partial charge on any atom is -0.323 e. The van der Waals surface area contributed by atoms with Gasteiger partial charge in [-0.2, -0.15) is 0 Å². The first-order valence-corrected chi connectivity index (χ1v) is 6.02. The van der Waals surface area contributed by atoms with Crippen molar-refractivity contribution in [1.82, 2.24) is 4.90 Å². The SMILES string of the molecule is CCCN(CC)CC(N)c1cccc(F)c1F. The quantitative estimate of drug-likeness (QED) is 0.831. The average molecular weight is 242 g/mol. The topological polar surface area (TPSA) is 29.3 Å². The number of likely N-dealkylation sites (N-methyl/N-ethyl adjacent to an activating group) is 1. The van der Waals surface area contributed by atoms with Crippen LogP contribution in [0.1, 0.15) is 31.9 Å². The first-order chi connectivity index (χ1) is 8.10. The number of benzene rings is 1. The Morgan fingerprint density at radius 1 is 1.29 bits per heavy atom. The molecule has 0 saturated heterocycles. The first kappa shape index (κ1) is 14.1. The van der Waals surface area contributed by atoms with Crippen LogP contribution in [-0.2, 0) is 0 Å². The molecule has 1 aromatic rings. The normalized spacial score (nSPS) is 13.1. The van der Waals surface area contributed by atoms with E-state index in [-0.39, 0.29) is 5.56 Å². The summed E-state index contributed by atoms with van der Waals surface area (Å²) in [6, 6.07) is 3.65. The number of halogens is 2. The van der Waals surface area contributed by atoms with E-state index in [1.165, 1.54) is 6.07 Å². The molecule has 0 aromatic heterocycles. The maximum Gasteiger partial charge on any atom is 0.163 e. The molecule has 17 heavy (non-hydrogen) atoms. The maximum absolute atomic E-state index is 13.5. The molecular formula is C13H20F2N2. The van der Waals surface area contributed by atoms with Crippen molar-refractivity contribution in [2.75, 3.05) is 19.6 Å². The summed E-state index contributed by atoms with van der Waals surface area (Å²) in [5.41, 5.74) is 6.17. The van der Waals surface area contributed by atoms with E-state index in [0.29, 0.717) is 6.54 Å². The molecule has 4 heteroatoms. The van der Waals surface area contributed by atoms with E-state index in [0.717, 1.165) is 25.6 Å². The van der Waals surface area contributed by atoms with Gasteiger partial charge in [0.2, 0.25) is 0 Å². The van der Waals surface area contributed by atoms with Gasteiger partial charge in [-0.3, -0.25) is 0 Å². The van der Waals surface area contributed by atoms with Gasteiger partial charge in [-0.25, -0.2) is 8.78 Å². The average Bonchev–Trinajstić information content (AvgIpc) is 2.31. The van der Waals surface area contributed by atoms with Gasteiger partial charge in [0.05, 0.1) is 0 Å². The highest BCUT2D eigenvalue weighted by atomic mass is 19.2. The minimum atomic E-state index is -0.837. The molecule has 1 rings (SSSR count). The largest absolute Gasteiger partial charge is 0.323 e. The van der Waals surface area contributed by atoms with Gasteiger partial charge in [0.15, 0.2) is 11.6 Å². The molecule has 2 nitrogen and oxygen atoms in total. The second-order valence-electron chi connectivity index (χ2n) is 4.14. The van der Waals surface area contributed by atoms with Crippen LogP contribution in [0.2, 0.25) is 0 Å². The third-order valence-corrected chi connectivity index (χ3v) is 2.82. The van der Waals surface area contributed by atoms with E-state index in [4.69, 9.17) is 5.73 Å². The van der Waals surface area contributed by atoms with Gasteiger partial charge in [-0.1, -0.05) is 26.0 Å². The van der Waals surface area contributed by atoms with E-state index in [1.807, 2.05) is 6.92 Å². The summed E-state index contributed by atoms with van der Waals surface area (Å²) in [5, 5.41) is 0. The van der Waals surface area contributed by atoms with E-state index in [2.05, 4.69) is 11.8 Å². The Balaban J connectivity index is 2.75. The monoisotopic (exact) mass is 242 g/mol. The van der Waals surface area contributed by atoms with Crippen molar-refractivity contribution in [1.29, 1.82) is 0 Å². The molecule has 1 aromatic carbocycles. The van der Waals surface area contributed by atoms with Gasteiger partial charge in [0.1, 0.15) is 0 Å². The fourth-order valence-electron chi connectivity index (χ4n) is 1.88. The molecule has 0 aliphatic heterocycles. The highest BCUT2D eigenvalue weighted by Crippen LogP contribution is 2.18. The Labute approximate surface area is 101 Å². The molecule has 0 fully saturated rings. The van der Waals surface area contributed by atoms with Gasteiger partial charge >= 0.3 is 0 Å². The van der Waals surface area contributed by atoms with Crippen LogP contribution in [0.25, 0.3) is 0 Å². The van der Waals surface area contributed by atoms with Crippen LogP contribution < -0.4 is 5.73 Å². The highest BCUT2D eigenvalue weighted by molar-refractivity contribution is 5.22. The van der Waals surface area contributed by atoms with Gasteiger partial charge in [-0.05, 0) is 25.6 Å². The molecule has 96 valence electrons. The zero-order valence-electron chi connectivity index (χ0n) is 10.4. The molecule has 0 aliphatic carbocycles. The molecule has 0 bridgehead atoms. The third kappa shape index (κ3) is 3.75. The lowest BCUT2D eigenvalue weighted by Crippen LogP contribution is -2.33. The third-order valence-electron chi connectivity index (χ3n) is 2.82. The van der Waals surface area contributed by atoms with Crippen LogP contribution in [0.4, 0.5) is 8.78 Å². The summed E-state index contributed by atoms with van der Waals surface area (Å²) in [4.78, 5) is 2.13. The Kier molecular flexibility index (Phi) is 5.51. The van der Waals surface area contributed by atoms with Crippen molar-refractivity contribution in [2.24, 2.45) is 5.73 Å². The van der Waals surface area contributed by atoms with E-state index in [9.17, 15) is 8.78 Å². The summed E-state index contributed by atoms with van der Waals surface area (Å²) in [6.07, 6.45) is 1.02. The molecule has 0 amide bonds. The van der Waals surface area contributed by atoms with E-state index >= 15 is 0 Å². The molecule has 2 N–H and O–H groups in total. The Bertz CT molecular complexity index is 355. The smallest absolute Gasteiger partial charge is 0.163 e. The number of nitrogens with zero attached hydrogens (tertiary/aromatic N) is 1. The van der Waals surface area contributed by atoms with Crippen molar-refractivity contribution in [3.63, 3.8) is 0 Å². The maximum atomic E-state index is 13.5. The lowest BCUT2D eigenvalue weighted by atomic mass is 10.1. The predicted molar refractivity (Wildman–Crippen MR) is 65.7 cm³/mol. The lowest BCUT2D eigenvalue weighted by molar-refractivity contribution is 0.268. The summed E-state index contributed by atoms with van der Waals surface area (Å²) in [7, 11) is 0. The second kappa shape index (κ2) is 6.67. The molecular weight excluding hydrogens is 222 g/mol. The minimum absolute atomic E-state index is 0.250. The number of nitrogens with two attached hydrogens (primary N) is 1. The molecule has 1 unspecified atom stereocenters. The Morgan fingerprint density at radius 3 is 2.59 bits per heavy atom. The summed E-state index contributed by atoms with van der Waals surface area (Å²) in [5.74, 6) is -1.66. The fourth-order valence-corrected chi connectivity index (χ4v) is 1.88. The number of rotatable bonds is 6. The zero-order chi connectivity index (χ0) is 12.8. The number of hydrogen-bond acceptors (Lipinski definition) is 2. The molecule has 1 atom stereocenters. The van der Waals surface area contributed by atoms with Crippen LogP contribution in [0.5, 0.6) is 0 Å². The molecule has 0 heterocycles. The first-order valence-electron chi connectivity index (χ1n) is 6.02. The summed E-state index contributed by atoms with van der Waals surface area (Å²) < 4.78 is 26.6. The van der Waals surface area contributed by atoms with Gasteiger partial charge in [0.25, 0.3) is 0 Å².